The number of rotatable bonds is 5. The third-order valence-corrected chi connectivity index (χ3v) is 4.13. The standard InChI is InChI=1S/C15H28O3/c1-9(2)12-7-6-11(5)8-13(12)18-14(10(3)4)15(16)17/h9-14H,6-8H2,1-5H3,(H,16,17)/t11-,12+,13-,14+/m1/s1. The second kappa shape index (κ2) is 6.55. The Hall–Kier alpha value is -0.570. The minimum Gasteiger partial charge on any atom is -0.479 e. The fourth-order valence-corrected chi connectivity index (χ4v) is 2.96. The molecule has 0 saturated heterocycles. The highest BCUT2D eigenvalue weighted by molar-refractivity contribution is 5.72. The molecule has 0 unspecified atom stereocenters. The molecule has 18 heavy (non-hydrogen) atoms. The average molecular weight is 256 g/mol. The summed E-state index contributed by atoms with van der Waals surface area (Å²) in [4.78, 5) is 11.2. The number of ether oxygens (including phenoxy) is 1. The van der Waals surface area contributed by atoms with Crippen molar-refractivity contribution in [2.45, 2.75) is 66.1 Å². The van der Waals surface area contributed by atoms with E-state index in [0.717, 1.165) is 12.8 Å². The van der Waals surface area contributed by atoms with E-state index in [1.807, 2.05) is 13.8 Å². The molecule has 1 aliphatic carbocycles. The molecule has 1 aliphatic rings. The SMILES string of the molecule is CC(C)[C@H](O[C@@H]1C[C@H](C)CC[C@H]1C(C)C)C(=O)O. The van der Waals surface area contributed by atoms with Crippen molar-refractivity contribution in [2.24, 2.45) is 23.7 Å². The molecule has 1 saturated carbocycles. The van der Waals surface area contributed by atoms with Gasteiger partial charge in [-0.1, -0.05) is 41.0 Å². The third kappa shape index (κ3) is 3.98. The van der Waals surface area contributed by atoms with E-state index in [1.54, 1.807) is 0 Å². The quantitative estimate of drug-likeness (QED) is 0.818. The molecular formula is C15H28O3. The number of carboxylic acids is 1. The van der Waals surface area contributed by atoms with Crippen LogP contribution in [-0.2, 0) is 9.53 Å². The average Bonchev–Trinajstić information content (AvgIpc) is 2.24. The van der Waals surface area contributed by atoms with Crippen LogP contribution < -0.4 is 0 Å². The summed E-state index contributed by atoms with van der Waals surface area (Å²) in [7, 11) is 0. The largest absolute Gasteiger partial charge is 0.479 e. The van der Waals surface area contributed by atoms with Gasteiger partial charge in [0.15, 0.2) is 6.10 Å². The Morgan fingerprint density at radius 3 is 2.28 bits per heavy atom. The maximum Gasteiger partial charge on any atom is 0.333 e. The van der Waals surface area contributed by atoms with Gasteiger partial charge in [0, 0.05) is 0 Å². The Balaban J connectivity index is 2.73. The Labute approximate surface area is 111 Å². The second-order valence-corrected chi connectivity index (χ2v) is 6.50. The highest BCUT2D eigenvalue weighted by atomic mass is 16.5. The Morgan fingerprint density at radius 2 is 1.83 bits per heavy atom. The fraction of sp³-hybridized carbons (Fsp3) is 0.933. The van der Waals surface area contributed by atoms with Crippen LogP contribution in [0.15, 0.2) is 0 Å². The van der Waals surface area contributed by atoms with E-state index in [4.69, 9.17) is 4.74 Å². The molecule has 3 nitrogen and oxygen atoms in total. The number of aliphatic carboxylic acids is 1. The maximum absolute atomic E-state index is 11.2. The molecule has 0 aromatic heterocycles. The van der Waals surface area contributed by atoms with E-state index in [1.165, 1.54) is 6.42 Å². The second-order valence-electron chi connectivity index (χ2n) is 6.50. The van der Waals surface area contributed by atoms with E-state index in [-0.39, 0.29) is 12.0 Å². The summed E-state index contributed by atoms with van der Waals surface area (Å²) in [6.07, 6.45) is 2.84. The molecule has 0 aliphatic heterocycles. The van der Waals surface area contributed by atoms with E-state index in [0.29, 0.717) is 17.8 Å². The van der Waals surface area contributed by atoms with Crippen molar-refractivity contribution in [3.63, 3.8) is 0 Å². The molecule has 0 amide bonds. The lowest BCUT2D eigenvalue weighted by molar-refractivity contribution is -0.165. The fourth-order valence-electron chi connectivity index (χ4n) is 2.96. The molecule has 0 bridgehead atoms. The predicted octanol–water partition coefficient (Wildman–Crippen LogP) is 3.57. The van der Waals surface area contributed by atoms with E-state index in [9.17, 15) is 9.90 Å². The minimum atomic E-state index is -0.828. The summed E-state index contributed by atoms with van der Waals surface area (Å²) in [6, 6.07) is 0. The van der Waals surface area contributed by atoms with E-state index < -0.39 is 12.1 Å². The van der Waals surface area contributed by atoms with Gasteiger partial charge in [-0.3, -0.25) is 0 Å². The van der Waals surface area contributed by atoms with Crippen LogP contribution in [-0.4, -0.2) is 23.3 Å². The van der Waals surface area contributed by atoms with Gasteiger partial charge in [-0.2, -0.15) is 0 Å². The summed E-state index contributed by atoms with van der Waals surface area (Å²) < 4.78 is 5.96. The van der Waals surface area contributed by atoms with Gasteiger partial charge in [0.2, 0.25) is 0 Å². The van der Waals surface area contributed by atoms with Crippen molar-refractivity contribution in [3.05, 3.63) is 0 Å². The zero-order valence-electron chi connectivity index (χ0n) is 12.3. The van der Waals surface area contributed by atoms with Crippen molar-refractivity contribution < 1.29 is 14.6 Å². The smallest absolute Gasteiger partial charge is 0.333 e. The highest BCUT2D eigenvalue weighted by Gasteiger charge is 2.35. The lowest BCUT2D eigenvalue weighted by atomic mass is 9.75. The van der Waals surface area contributed by atoms with Crippen LogP contribution in [0.5, 0.6) is 0 Å². The molecule has 1 N–H and O–H groups in total. The van der Waals surface area contributed by atoms with Crippen LogP contribution in [0.1, 0.15) is 53.9 Å². The van der Waals surface area contributed by atoms with Crippen LogP contribution in [0.3, 0.4) is 0 Å². The Morgan fingerprint density at radius 1 is 1.22 bits per heavy atom. The van der Waals surface area contributed by atoms with Crippen molar-refractivity contribution in [1.82, 2.24) is 0 Å². The molecule has 0 aromatic carbocycles. The molecule has 4 atom stereocenters. The van der Waals surface area contributed by atoms with Gasteiger partial charge in [0.05, 0.1) is 6.10 Å². The lowest BCUT2D eigenvalue weighted by Gasteiger charge is -2.39. The van der Waals surface area contributed by atoms with E-state index >= 15 is 0 Å². The van der Waals surface area contributed by atoms with Crippen LogP contribution in [0.25, 0.3) is 0 Å². The first kappa shape index (κ1) is 15.5. The van der Waals surface area contributed by atoms with Crippen molar-refractivity contribution in [3.8, 4) is 0 Å². The van der Waals surface area contributed by atoms with Gasteiger partial charge in [-0.05, 0) is 36.5 Å². The van der Waals surface area contributed by atoms with Crippen molar-refractivity contribution >= 4 is 5.97 Å². The number of carbonyl (C=O) groups is 1. The summed E-state index contributed by atoms with van der Waals surface area (Å²) >= 11 is 0. The van der Waals surface area contributed by atoms with Crippen LogP contribution in [0.4, 0.5) is 0 Å². The van der Waals surface area contributed by atoms with Gasteiger partial charge in [0.1, 0.15) is 0 Å². The third-order valence-electron chi connectivity index (χ3n) is 4.13. The first-order valence-corrected chi connectivity index (χ1v) is 7.21. The molecule has 106 valence electrons. The molecule has 0 radical (unpaired) electrons. The first-order valence-electron chi connectivity index (χ1n) is 7.21. The maximum atomic E-state index is 11.2. The van der Waals surface area contributed by atoms with Gasteiger partial charge in [-0.25, -0.2) is 4.79 Å². The monoisotopic (exact) mass is 256 g/mol. The Bertz CT molecular complexity index is 273. The van der Waals surface area contributed by atoms with Gasteiger partial charge in [-0.15, -0.1) is 0 Å². The zero-order valence-corrected chi connectivity index (χ0v) is 12.3. The van der Waals surface area contributed by atoms with Crippen LogP contribution >= 0.6 is 0 Å². The summed E-state index contributed by atoms with van der Waals surface area (Å²) in [5.74, 6) is 0.899. The molecule has 1 rings (SSSR count). The normalized spacial score (nSPS) is 30.7. The van der Waals surface area contributed by atoms with Gasteiger partial charge < -0.3 is 9.84 Å². The molecule has 0 aromatic rings. The van der Waals surface area contributed by atoms with Gasteiger partial charge >= 0.3 is 5.97 Å². The number of hydrogen-bond acceptors (Lipinski definition) is 2. The topological polar surface area (TPSA) is 46.5 Å². The molecule has 3 heteroatoms. The first-order chi connectivity index (χ1) is 8.32. The lowest BCUT2D eigenvalue weighted by Crippen LogP contribution is -2.41. The highest BCUT2D eigenvalue weighted by Crippen LogP contribution is 2.36. The molecular weight excluding hydrogens is 228 g/mol. The van der Waals surface area contributed by atoms with E-state index in [2.05, 4.69) is 20.8 Å². The van der Waals surface area contributed by atoms with Crippen molar-refractivity contribution in [2.75, 3.05) is 0 Å². The molecule has 0 heterocycles. The summed E-state index contributed by atoms with van der Waals surface area (Å²) in [6.45, 7) is 10.5. The molecule has 1 fully saturated rings. The van der Waals surface area contributed by atoms with Crippen LogP contribution in [0.2, 0.25) is 0 Å². The Kier molecular flexibility index (Phi) is 5.64. The summed E-state index contributed by atoms with van der Waals surface area (Å²) in [5, 5.41) is 9.24. The van der Waals surface area contributed by atoms with Gasteiger partial charge in [0.25, 0.3) is 0 Å². The summed E-state index contributed by atoms with van der Waals surface area (Å²) in [5.41, 5.74) is 0. The van der Waals surface area contributed by atoms with Crippen LogP contribution in [0, 0.1) is 23.7 Å². The molecule has 0 spiro atoms. The predicted molar refractivity (Wildman–Crippen MR) is 72.5 cm³/mol. The minimum absolute atomic E-state index is 0.0209. The number of carboxylic acid groups (broad SMARTS) is 1. The zero-order chi connectivity index (χ0) is 13.9. The van der Waals surface area contributed by atoms with Crippen molar-refractivity contribution in [1.29, 1.82) is 0 Å². The number of hydrogen-bond donors (Lipinski definition) is 1.